The van der Waals surface area contributed by atoms with Crippen molar-refractivity contribution >= 4 is 0 Å². The highest BCUT2D eigenvalue weighted by Gasteiger charge is 2.52. The minimum absolute atomic E-state index is 0.914. The van der Waals surface area contributed by atoms with Gasteiger partial charge in [0.15, 0.2) is 18.9 Å². The van der Waals surface area contributed by atoms with Gasteiger partial charge in [0.05, 0.1) is 18.3 Å². The molecule has 0 saturated carbocycles. The summed E-state index contributed by atoms with van der Waals surface area (Å²) in [6.07, 6.45) is -21.1. The maximum atomic E-state index is 10.6. The lowest BCUT2D eigenvalue weighted by atomic mass is 9.97. The molecule has 182 valence electrons. The summed E-state index contributed by atoms with van der Waals surface area (Å²) in [6, 6.07) is 0. The van der Waals surface area contributed by atoms with Gasteiger partial charge in [-0.25, -0.2) is 0 Å². The van der Waals surface area contributed by atoms with Crippen LogP contribution in [0.25, 0.3) is 0 Å². The van der Waals surface area contributed by atoms with E-state index in [2.05, 4.69) is 0 Å². The number of ether oxygens (including phenoxy) is 5. The predicted octanol–water partition coefficient (Wildman–Crippen LogP) is -4.49. The van der Waals surface area contributed by atoms with Gasteiger partial charge in [0.2, 0.25) is 0 Å². The molecule has 3 aliphatic heterocycles. The largest absolute Gasteiger partial charge is 0.388 e. The fourth-order valence-corrected chi connectivity index (χ4v) is 3.87. The second kappa shape index (κ2) is 9.77. The molecule has 3 aliphatic rings. The summed E-state index contributed by atoms with van der Waals surface area (Å²) >= 11 is 0. The van der Waals surface area contributed by atoms with Gasteiger partial charge in [-0.2, -0.15) is 0 Å². The van der Waals surface area contributed by atoms with E-state index < -0.39 is 92.1 Å². The molecular formula is C18H32O13. The van der Waals surface area contributed by atoms with Crippen LogP contribution < -0.4 is 0 Å². The summed E-state index contributed by atoms with van der Waals surface area (Å²) in [5.41, 5.74) is 0. The van der Waals surface area contributed by atoms with Gasteiger partial charge in [-0.15, -0.1) is 0 Å². The third-order valence-corrected chi connectivity index (χ3v) is 5.98. The molecule has 3 heterocycles. The third kappa shape index (κ3) is 4.89. The summed E-state index contributed by atoms with van der Waals surface area (Å²) < 4.78 is 27.2. The molecule has 0 amide bonds. The number of aliphatic hydroxyl groups is 8. The van der Waals surface area contributed by atoms with Crippen molar-refractivity contribution in [2.45, 2.75) is 113 Å². The van der Waals surface area contributed by atoms with Crippen LogP contribution in [0.1, 0.15) is 20.8 Å². The van der Waals surface area contributed by atoms with Crippen LogP contribution in [0, 0.1) is 0 Å². The van der Waals surface area contributed by atoms with Crippen LogP contribution in [0.5, 0.6) is 0 Å². The first-order chi connectivity index (χ1) is 14.4. The molecule has 13 nitrogen and oxygen atoms in total. The smallest absolute Gasteiger partial charge is 0.187 e. The van der Waals surface area contributed by atoms with Crippen molar-refractivity contribution in [1.29, 1.82) is 0 Å². The van der Waals surface area contributed by atoms with Gasteiger partial charge >= 0.3 is 0 Å². The molecule has 0 aliphatic carbocycles. The molecule has 3 rings (SSSR count). The topological polar surface area (TPSA) is 208 Å². The van der Waals surface area contributed by atoms with Crippen molar-refractivity contribution < 1.29 is 64.5 Å². The molecule has 1 unspecified atom stereocenters. The van der Waals surface area contributed by atoms with Gasteiger partial charge in [0.1, 0.15) is 54.9 Å². The summed E-state index contributed by atoms with van der Waals surface area (Å²) in [5, 5.41) is 81.0. The van der Waals surface area contributed by atoms with Crippen molar-refractivity contribution in [1.82, 2.24) is 0 Å². The van der Waals surface area contributed by atoms with E-state index in [0.29, 0.717) is 0 Å². The van der Waals surface area contributed by atoms with Crippen LogP contribution in [0.15, 0.2) is 0 Å². The molecule has 31 heavy (non-hydrogen) atoms. The lowest BCUT2D eigenvalue weighted by Crippen LogP contribution is -2.65. The Bertz CT molecular complexity index is 595. The first-order valence-corrected chi connectivity index (χ1v) is 10.2. The summed E-state index contributed by atoms with van der Waals surface area (Å²) in [5.74, 6) is 0. The summed E-state index contributed by atoms with van der Waals surface area (Å²) in [7, 11) is 0. The van der Waals surface area contributed by atoms with Crippen LogP contribution in [0.3, 0.4) is 0 Å². The molecule has 15 atom stereocenters. The maximum absolute atomic E-state index is 10.6. The van der Waals surface area contributed by atoms with Crippen LogP contribution in [-0.4, -0.2) is 133 Å². The fourth-order valence-electron chi connectivity index (χ4n) is 3.87. The average molecular weight is 456 g/mol. The van der Waals surface area contributed by atoms with E-state index in [-0.39, 0.29) is 0 Å². The summed E-state index contributed by atoms with van der Waals surface area (Å²) in [4.78, 5) is 0. The Labute approximate surface area is 178 Å². The van der Waals surface area contributed by atoms with Crippen LogP contribution in [0.4, 0.5) is 0 Å². The second-order valence-corrected chi connectivity index (χ2v) is 8.29. The third-order valence-electron chi connectivity index (χ3n) is 5.98. The Balaban J connectivity index is 1.78. The molecule has 13 heteroatoms. The highest BCUT2D eigenvalue weighted by Crippen LogP contribution is 2.32. The lowest BCUT2D eigenvalue weighted by Gasteiger charge is -2.47. The Morgan fingerprint density at radius 3 is 1.29 bits per heavy atom. The Morgan fingerprint density at radius 2 is 0.839 bits per heavy atom. The zero-order valence-corrected chi connectivity index (χ0v) is 17.3. The zero-order valence-electron chi connectivity index (χ0n) is 17.3. The molecule has 0 aromatic heterocycles. The van der Waals surface area contributed by atoms with E-state index in [0.717, 1.165) is 0 Å². The van der Waals surface area contributed by atoms with E-state index in [1.807, 2.05) is 0 Å². The van der Waals surface area contributed by atoms with Gasteiger partial charge < -0.3 is 64.5 Å². The first kappa shape index (κ1) is 25.1. The van der Waals surface area contributed by atoms with E-state index in [9.17, 15) is 40.9 Å². The molecule has 3 saturated heterocycles. The minimum atomic E-state index is -1.69. The highest BCUT2D eigenvalue weighted by atomic mass is 16.8. The van der Waals surface area contributed by atoms with E-state index in [1.54, 1.807) is 0 Å². The van der Waals surface area contributed by atoms with Gasteiger partial charge in [0.25, 0.3) is 0 Å². The van der Waals surface area contributed by atoms with Gasteiger partial charge in [-0.05, 0) is 20.8 Å². The van der Waals surface area contributed by atoms with Crippen molar-refractivity contribution in [3.05, 3.63) is 0 Å². The quantitative estimate of drug-likeness (QED) is 0.201. The molecular weight excluding hydrogens is 424 g/mol. The van der Waals surface area contributed by atoms with E-state index in [1.165, 1.54) is 20.8 Å². The minimum Gasteiger partial charge on any atom is -0.388 e. The highest BCUT2D eigenvalue weighted by molar-refractivity contribution is 4.94. The van der Waals surface area contributed by atoms with Crippen LogP contribution in [0.2, 0.25) is 0 Å². The Hall–Kier alpha value is -0.520. The van der Waals surface area contributed by atoms with Crippen LogP contribution >= 0.6 is 0 Å². The zero-order chi connectivity index (χ0) is 23.2. The lowest BCUT2D eigenvalue weighted by molar-refractivity contribution is -0.382. The average Bonchev–Trinajstić information content (AvgIpc) is 2.72. The van der Waals surface area contributed by atoms with Crippen molar-refractivity contribution in [2.75, 3.05) is 0 Å². The normalized spacial score (nSPS) is 56.4. The van der Waals surface area contributed by atoms with Crippen molar-refractivity contribution in [2.24, 2.45) is 0 Å². The monoisotopic (exact) mass is 456 g/mol. The maximum Gasteiger partial charge on any atom is 0.187 e. The number of rotatable bonds is 4. The molecule has 0 spiro atoms. The van der Waals surface area contributed by atoms with E-state index >= 15 is 0 Å². The summed E-state index contributed by atoms with van der Waals surface area (Å²) in [6.45, 7) is 4.34. The van der Waals surface area contributed by atoms with E-state index in [4.69, 9.17) is 23.7 Å². The second-order valence-electron chi connectivity index (χ2n) is 8.29. The number of aliphatic hydroxyl groups excluding tert-OH is 8. The first-order valence-electron chi connectivity index (χ1n) is 10.2. The molecule has 0 bridgehead atoms. The number of hydrogen-bond donors (Lipinski definition) is 8. The van der Waals surface area contributed by atoms with Gasteiger partial charge in [0, 0.05) is 0 Å². The fraction of sp³-hybridized carbons (Fsp3) is 1.00. The van der Waals surface area contributed by atoms with Crippen LogP contribution in [-0.2, 0) is 23.7 Å². The molecule has 8 N–H and O–H groups in total. The van der Waals surface area contributed by atoms with Gasteiger partial charge in [-0.1, -0.05) is 0 Å². The Kier molecular flexibility index (Phi) is 7.91. The SMILES string of the molecule is C[C@@H]1O[C@H](O[C@@H]2C(O)O[C@H](C)[C@@H](O)[C@@H]2O[C@H]2O[C@@H](C)[C@@H](O)[C@@H](O)[C@@H]2O)[C@@H](O)[C@H](O)[C@@H]1O. The van der Waals surface area contributed by atoms with Crippen molar-refractivity contribution in [3.8, 4) is 0 Å². The Morgan fingerprint density at radius 1 is 0.452 bits per heavy atom. The number of hydrogen-bond acceptors (Lipinski definition) is 13. The molecule has 0 radical (unpaired) electrons. The predicted molar refractivity (Wildman–Crippen MR) is 97.0 cm³/mol. The van der Waals surface area contributed by atoms with Crippen molar-refractivity contribution in [3.63, 3.8) is 0 Å². The molecule has 0 aromatic carbocycles. The standard InChI is InChI=1S/C18H32O13/c1-4-7(19)10(22)12(24)17(28-4)30-14-9(21)6(3)27-16(26)15(14)31-18-13(25)11(23)8(20)5(2)29-18/h4-26H,1-3H3/t4-,5-,6+,7+,8+,9+,10+,11+,12-,13-,14-,15-,16?,17+,18+/m0/s1. The molecule has 0 aromatic rings. The van der Waals surface area contributed by atoms with Gasteiger partial charge in [-0.3, -0.25) is 0 Å². The molecule has 3 fully saturated rings.